The highest BCUT2D eigenvalue weighted by Crippen LogP contribution is 2.59. The van der Waals surface area contributed by atoms with E-state index < -0.39 is 35.1 Å². The fraction of sp³-hybridized carbons (Fsp3) is 0.441. The summed E-state index contributed by atoms with van der Waals surface area (Å²) in [5, 5.41) is 10.4. The summed E-state index contributed by atoms with van der Waals surface area (Å²) in [6.45, 7) is 8.17. The number of anilines is 2. The van der Waals surface area contributed by atoms with Crippen molar-refractivity contribution < 1.29 is 24.2 Å². The molecule has 0 aliphatic carbocycles. The second-order valence-corrected chi connectivity index (χ2v) is 11.9. The maximum Gasteiger partial charge on any atom is 0.253 e. The van der Waals surface area contributed by atoms with E-state index in [2.05, 4.69) is 0 Å². The van der Waals surface area contributed by atoms with E-state index in [1.165, 1.54) is 4.90 Å². The van der Waals surface area contributed by atoms with E-state index >= 15 is 0 Å². The minimum Gasteiger partial charge on any atom is -0.394 e. The fourth-order valence-electron chi connectivity index (χ4n) is 7.78. The predicted molar refractivity (Wildman–Crippen MR) is 161 cm³/mol. The van der Waals surface area contributed by atoms with Crippen molar-refractivity contribution in [1.82, 2.24) is 4.90 Å². The van der Waals surface area contributed by atoms with Crippen LogP contribution in [0.15, 0.2) is 72.8 Å². The molecule has 1 unspecified atom stereocenters. The van der Waals surface area contributed by atoms with Crippen LogP contribution in [0.1, 0.15) is 37.8 Å². The van der Waals surface area contributed by atoms with Crippen molar-refractivity contribution in [2.24, 2.45) is 11.8 Å². The van der Waals surface area contributed by atoms with Crippen molar-refractivity contribution in [3.05, 3.63) is 84.0 Å². The van der Waals surface area contributed by atoms with Crippen molar-refractivity contribution in [3.63, 3.8) is 0 Å². The summed E-state index contributed by atoms with van der Waals surface area (Å²) in [5.74, 6) is -2.56. The molecule has 8 nitrogen and oxygen atoms in total. The van der Waals surface area contributed by atoms with E-state index in [0.717, 1.165) is 22.5 Å². The predicted octanol–water partition coefficient (Wildman–Crippen LogP) is 3.94. The van der Waals surface area contributed by atoms with Crippen molar-refractivity contribution in [1.29, 1.82) is 0 Å². The molecular weight excluding hydrogens is 530 g/mol. The normalized spacial score (nSPS) is 31.1. The fourth-order valence-corrected chi connectivity index (χ4v) is 7.78. The molecule has 0 saturated carbocycles. The molecule has 2 fully saturated rings. The third kappa shape index (κ3) is 3.92. The molecule has 1 N–H and O–H groups in total. The summed E-state index contributed by atoms with van der Waals surface area (Å²) in [5.41, 5.74) is 1.02. The molecule has 0 radical (unpaired) electrons. The Bertz CT molecular complexity index is 1450. The Labute approximate surface area is 247 Å². The summed E-state index contributed by atoms with van der Waals surface area (Å²) in [4.78, 5) is 49.1. The summed E-state index contributed by atoms with van der Waals surface area (Å²) in [6, 6.07) is 13.7. The Morgan fingerprint density at radius 2 is 1.52 bits per heavy atom. The molecule has 42 heavy (non-hydrogen) atoms. The molecule has 4 aliphatic rings. The molecule has 2 aromatic carbocycles. The SMILES string of the molecule is CC[C@@H](CO)N1C(=O)[C@@H]2[C@H]3C(=O)N(c4ccccc4)CC=C[C@@]3(CC)O[C@@]23C=CCN(c2c(C)cccc2C)C(=O)C13. The number of amides is 3. The second kappa shape index (κ2) is 10.5. The summed E-state index contributed by atoms with van der Waals surface area (Å²) < 4.78 is 7.07. The van der Waals surface area contributed by atoms with Gasteiger partial charge in [-0.2, -0.15) is 0 Å². The number of nitrogens with zero attached hydrogens (tertiary/aromatic N) is 3. The van der Waals surface area contributed by atoms with Gasteiger partial charge in [-0.05, 0) is 49.9 Å². The van der Waals surface area contributed by atoms with Crippen LogP contribution in [0.2, 0.25) is 0 Å². The van der Waals surface area contributed by atoms with Gasteiger partial charge in [0, 0.05) is 24.5 Å². The number of carbonyl (C=O) groups is 3. The van der Waals surface area contributed by atoms with E-state index in [-0.39, 0.29) is 24.3 Å². The quantitative estimate of drug-likeness (QED) is 0.533. The average Bonchev–Trinajstić information content (AvgIpc) is 3.28. The Hall–Kier alpha value is -3.75. The lowest BCUT2D eigenvalue weighted by atomic mass is 9.73. The molecule has 2 aromatic rings. The van der Waals surface area contributed by atoms with Crippen LogP contribution < -0.4 is 9.80 Å². The van der Waals surface area contributed by atoms with Crippen LogP contribution in [0.3, 0.4) is 0 Å². The molecule has 8 heteroatoms. The Morgan fingerprint density at radius 1 is 0.857 bits per heavy atom. The van der Waals surface area contributed by atoms with E-state index in [0.29, 0.717) is 25.9 Å². The number of benzene rings is 2. The number of ether oxygens (including phenoxy) is 1. The number of aliphatic hydroxyl groups excluding tert-OH is 1. The van der Waals surface area contributed by atoms with Gasteiger partial charge in [-0.25, -0.2) is 0 Å². The molecule has 0 aromatic heterocycles. The lowest BCUT2D eigenvalue weighted by Gasteiger charge is -2.41. The van der Waals surface area contributed by atoms with Crippen LogP contribution in [0.5, 0.6) is 0 Å². The Balaban J connectivity index is 1.54. The van der Waals surface area contributed by atoms with Gasteiger partial charge in [-0.3, -0.25) is 14.4 Å². The van der Waals surface area contributed by atoms with Crippen LogP contribution in [0.4, 0.5) is 11.4 Å². The summed E-state index contributed by atoms with van der Waals surface area (Å²) >= 11 is 0. The summed E-state index contributed by atoms with van der Waals surface area (Å²) in [6.07, 6.45) is 8.57. The van der Waals surface area contributed by atoms with Crippen molar-refractivity contribution in [2.75, 3.05) is 29.5 Å². The van der Waals surface area contributed by atoms with Gasteiger partial charge < -0.3 is 24.5 Å². The summed E-state index contributed by atoms with van der Waals surface area (Å²) in [7, 11) is 0. The minimum atomic E-state index is -1.37. The molecule has 6 atom stereocenters. The first-order valence-corrected chi connectivity index (χ1v) is 15.0. The number of rotatable bonds is 6. The van der Waals surface area contributed by atoms with Gasteiger partial charge in [0.2, 0.25) is 11.8 Å². The first-order chi connectivity index (χ1) is 20.2. The van der Waals surface area contributed by atoms with Gasteiger partial charge in [-0.1, -0.05) is 74.5 Å². The highest BCUT2D eigenvalue weighted by atomic mass is 16.5. The van der Waals surface area contributed by atoms with E-state index in [9.17, 15) is 19.5 Å². The highest BCUT2D eigenvalue weighted by Gasteiger charge is 2.76. The second-order valence-electron chi connectivity index (χ2n) is 11.9. The number of aryl methyl sites for hydroxylation is 2. The zero-order valence-electron chi connectivity index (χ0n) is 24.7. The third-order valence-corrected chi connectivity index (χ3v) is 9.73. The third-order valence-electron chi connectivity index (χ3n) is 9.73. The van der Waals surface area contributed by atoms with Crippen molar-refractivity contribution in [3.8, 4) is 0 Å². The zero-order valence-corrected chi connectivity index (χ0v) is 24.7. The largest absolute Gasteiger partial charge is 0.394 e. The Morgan fingerprint density at radius 3 is 2.17 bits per heavy atom. The molecule has 3 amide bonds. The standard InChI is InChI=1S/C34H39N3O5/c1-5-24(21-38)37-29-32(41)36(28-22(3)13-10-14-23(28)4)20-12-18-34(29)27(31(37)40)26-30(39)35(25-15-8-7-9-16-25)19-11-17-33(26,6-2)42-34/h7-18,24,26-27,29,38H,5-6,19-21H2,1-4H3/t24-,26-,27-,29?,33+,34-/m0/s1. The lowest BCUT2D eigenvalue weighted by molar-refractivity contribution is -0.149. The maximum atomic E-state index is 14.8. The molecule has 4 heterocycles. The van der Waals surface area contributed by atoms with Gasteiger partial charge in [0.1, 0.15) is 11.6 Å². The number of likely N-dealkylation sites (tertiary alicyclic amines) is 1. The van der Waals surface area contributed by atoms with Crippen LogP contribution in [-0.2, 0) is 19.1 Å². The number of fused-ring (bicyclic) bond motifs is 2. The molecule has 1 spiro atoms. The van der Waals surface area contributed by atoms with Gasteiger partial charge in [0.25, 0.3) is 5.91 Å². The van der Waals surface area contributed by atoms with Crippen LogP contribution in [0, 0.1) is 25.7 Å². The molecule has 0 bridgehead atoms. The van der Waals surface area contributed by atoms with Crippen molar-refractivity contribution in [2.45, 2.75) is 63.8 Å². The monoisotopic (exact) mass is 569 g/mol. The molecule has 220 valence electrons. The van der Waals surface area contributed by atoms with E-state index in [4.69, 9.17) is 4.74 Å². The molecule has 4 aliphatic heterocycles. The van der Waals surface area contributed by atoms with Crippen LogP contribution in [-0.4, -0.2) is 70.7 Å². The van der Waals surface area contributed by atoms with Crippen LogP contribution >= 0.6 is 0 Å². The average molecular weight is 570 g/mol. The topological polar surface area (TPSA) is 90.4 Å². The molecular formula is C34H39N3O5. The smallest absolute Gasteiger partial charge is 0.253 e. The number of carbonyl (C=O) groups excluding carboxylic acids is 3. The molecule has 6 rings (SSSR count). The van der Waals surface area contributed by atoms with Gasteiger partial charge >= 0.3 is 0 Å². The molecule has 2 saturated heterocycles. The Kier molecular flexibility index (Phi) is 7.10. The lowest BCUT2D eigenvalue weighted by Crippen LogP contribution is -2.59. The number of para-hydroxylation sites is 2. The van der Waals surface area contributed by atoms with Gasteiger partial charge in [-0.15, -0.1) is 0 Å². The van der Waals surface area contributed by atoms with Gasteiger partial charge in [0.15, 0.2) is 0 Å². The highest BCUT2D eigenvalue weighted by molar-refractivity contribution is 6.08. The van der Waals surface area contributed by atoms with Crippen molar-refractivity contribution >= 4 is 29.1 Å². The number of aliphatic hydroxyl groups is 1. The maximum absolute atomic E-state index is 14.8. The number of hydrogen-bond donors (Lipinski definition) is 1. The first-order valence-electron chi connectivity index (χ1n) is 15.0. The zero-order chi connectivity index (χ0) is 29.8. The first kappa shape index (κ1) is 28.4. The van der Waals surface area contributed by atoms with Gasteiger partial charge in [0.05, 0.1) is 30.1 Å². The minimum absolute atomic E-state index is 0.197. The van der Waals surface area contributed by atoms with Crippen LogP contribution in [0.25, 0.3) is 0 Å². The van der Waals surface area contributed by atoms with E-state index in [1.807, 2.05) is 101 Å². The van der Waals surface area contributed by atoms with E-state index in [1.54, 1.807) is 9.80 Å². The number of hydrogen-bond acceptors (Lipinski definition) is 5.